The zero-order valence-corrected chi connectivity index (χ0v) is 20.8. The van der Waals surface area contributed by atoms with Crippen molar-refractivity contribution in [3.05, 3.63) is 95.3 Å². The van der Waals surface area contributed by atoms with Crippen LogP contribution in [0.3, 0.4) is 0 Å². The lowest BCUT2D eigenvalue weighted by Crippen LogP contribution is -2.50. The standard InChI is InChI=1S/C25H25ClFN3O4S/c1-18(25(32)28-2)29(16-19-8-6-7-11-23(19)27)24(31)17-30(21-14-12-20(26)13-15-21)35(33,34)22-9-4-3-5-10-22/h3-15,18H,16-17H2,1-2H3,(H,28,32)/t18-/m0/s1. The Morgan fingerprint density at radius 1 is 0.971 bits per heavy atom. The van der Waals surface area contributed by atoms with Gasteiger partial charge in [-0.05, 0) is 49.4 Å². The molecule has 0 aliphatic rings. The summed E-state index contributed by atoms with van der Waals surface area (Å²) in [6, 6.07) is 18.6. The van der Waals surface area contributed by atoms with Gasteiger partial charge in [0, 0.05) is 24.2 Å². The highest BCUT2D eigenvalue weighted by Gasteiger charge is 2.32. The number of sulfonamides is 1. The van der Waals surface area contributed by atoms with Crippen molar-refractivity contribution >= 4 is 39.1 Å². The summed E-state index contributed by atoms with van der Waals surface area (Å²) in [4.78, 5) is 27.1. The highest BCUT2D eigenvalue weighted by Crippen LogP contribution is 2.26. The Morgan fingerprint density at radius 2 is 1.57 bits per heavy atom. The maximum absolute atomic E-state index is 14.4. The molecule has 7 nitrogen and oxygen atoms in total. The maximum Gasteiger partial charge on any atom is 0.264 e. The molecule has 1 atom stereocenters. The van der Waals surface area contributed by atoms with Crippen molar-refractivity contribution in [1.82, 2.24) is 10.2 Å². The molecule has 0 saturated carbocycles. The molecule has 3 aromatic carbocycles. The lowest BCUT2D eigenvalue weighted by atomic mass is 10.1. The second kappa shape index (κ2) is 11.3. The van der Waals surface area contributed by atoms with Crippen molar-refractivity contribution < 1.29 is 22.4 Å². The molecule has 3 rings (SSSR count). The first-order valence-electron chi connectivity index (χ1n) is 10.7. The van der Waals surface area contributed by atoms with Crippen LogP contribution in [0.1, 0.15) is 12.5 Å². The highest BCUT2D eigenvalue weighted by molar-refractivity contribution is 7.92. The summed E-state index contributed by atoms with van der Waals surface area (Å²) in [6.45, 7) is 0.657. The Bertz CT molecular complexity index is 1290. The Balaban J connectivity index is 2.02. The van der Waals surface area contributed by atoms with Crippen molar-refractivity contribution in [2.75, 3.05) is 17.9 Å². The quantitative estimate of drug-likeness (QED) is 0.467. The third-order valence-corrected chi connectivity index (χ3v) is 7.48. The second-order valence-corrected chi connectivity index (χ2v) is 10.0. The van der Waals surface area contributed by atoms with Crippen LogP contribution < -0.4 is 9.62 Å². The number of carbonyl (C=O) groups excluding carboxylic acids is 2. The van der Waals surface area contributed by atoms with Gasteiger partial charge in [0.25, 0.3) is 10.0 Å². The number of hydrogen-bond donors (Lipinski definition) is 1. The molecule has 0 bridgehead atoms. The van der Waals surface area contributed by atoms with E-state index in [-0.39, 0.29) is 22.7 Å². The number of benzene rings is 3. The van der Waals surface area contributed by atoms with Crippen LogP contribution in [0.2, 0.25) is 5.02 Å². The molecule has 10 heteroatoms. The summed E-state index contributed by atoms with van der Waals surface area (Å²) in [7, 11) is -2.74. The molecule has 0 aliphatic heterocycles. The SMILES string of the molecule is CNC(=O)[C@H](C)N(Cc1ccccc1F)C(=O)CN(c1ccc(Cl)cc1)S(=O)(=O)c1ccccc1. The number of amides is 2. The summed E-state index contributed by atoms with van der Waals surface area (Å²) in [5.41, 5.74) is 0.408. The number of anilines is 1. The number of hydrogen-bond acceptors (Lipinski definition) is 4. The first-order chi connectivity index (χ1) is 16.6. The van der Waals surface area contributed by atoms with Crippen LogP contribution in [0.15, 0.2) is 83.8 Å². The van der Waals surface area contributed by atoms with Gasteiger partial charge in [-0.25, -0.2) is 12.8 Å². The minimum Gasteiger partial charge on any atom is -0.357 e. The summed E-state index contributed by atoms with van der Waals surface area (Å²) in [6.07, 6.45) is 0. The van der Waals surface area contributed by atoms with Crippen molar-refractivity contribution in [3.8, 4) is 0 Å². The zero-order valence-electron chi connectivity index (χ0n) is 19.2. The third-order valence-electron chi connectivity index (χ3n) is 5.44. The van der Waals surface area contributed by atoms with Crippen LogP contribution in [0.5, 0.6) is 0 Å². The average molecular weight is 518 g/mol. The number of nitrogens with one attached hydrogen (secondary N) is 1. The Kier molecular flexibility index (Phi) is 8.48. The van der Waals surface area contributed by atoms with Gasteiger partial charge in [-0.3, -0.25) is 13.9 Å². The minimum absolute atomic E-state index is 0.0113. The van der Waals surface area contributed by atoms with Gasteiger partial charge in [-0.2, -0.15) is 0 Å². The van der Waals surface area contributed by atoms with E-state index < -0.39 is 40.2 Å². The van der Waals surface area contributed by atoms with E-state index in [0.29, 0.717) is 5.02 Å². The number of carbonyl (C=O) groups is 2. The fraction of sp³-hybridized carbons (Fsp3) is 0.200. The van der Waals surface area contributed by atoms with Gasteiger partial charge in [-0.15, -0.1) is 0 Å². The molecule has 184 valence electrons. The summed E-state index contributed by atoms with van der Waals surface area (Å²) in [5, 5.41) is 2.87. The van der Waals surface area contributed by atoms with Crippen LogP contribution in [-0.2, 0) is 26.2 Å². The van der Waals surface area contributed by atoms with Crippen LogP contribution in [0, 0.1) is 5.82 Å². The second-order valence-electron chi connectivity index (χ2n) is 7.70. The number of likely N-dealkylation sites (N-methyl/N-ethyl adjacent to an activating group) is 1. The number of rotatable bonds is 9. The molecule has 2 amide bonds. The molecule has 35 heavy (non-hydrogen) atoms. The zero-order chi connectivity index (χ0) is 25.6. The molecule has 0 fully saturated rings. The number of nitrogens with zero attached hydrogens (tertiary/aromatic N) is 2. The van der Waals surface area contributed by atoms with Crippen LogP contribution in [-0.4, -0.2) is 44.8 Å². The molecule has 0 aromatic heterocycles. The maximum atomic E-state index is 14.4. The summed E-state index contributed by atoms with van der Waals surface area (Å²) >= 11 is 5.98. The Labute approximate surface area is 209 Å². The van der Waals surface area contributed by atoms with Crippen molar-refractivity contribution in [2.24, 2.45) is 0 Å². The summed E-state index contributed by atoms with van der Waals surface area (Å²) < 4.78 is 42.4. The predicted octanol–water partition coefficient (Wildman–Crippen LogP) is 3.84. The fourth-order valence-corrected chi connectivity index (χ4v) is 5.02. The van der Waals surface area contributed by atoms with E-state index in [0.717, 1.165) is 9.21 Å². The van der Waals surface area contributed by atoms with Gasteiger partial charge in [-0.1, -0.05) is 48.0 Å². The molecule has 3 aromatic rings. The molecule has 0 saturated heterocycles. The molecular formula is C25H25ClFN3O4S. The van der Waals surface area contributed by atoms with Crippen molar-refractivity contribution in [1.29, 1.82) is 0 Å². The Morgan fingerprint density at radius 3 is 2.17 bits per heavy atom. The van der Waals surface area contributed by atoms with Crippen molar-refractivity contribution in [2.45, 2.75) is 24.4 Å². The lowest BCUT2D eigenvalue weighted by molar-refractivity contribution is -0.139. The molecule has 0 unspecified atom stereocenters. The molecule has 0 radical (unpaired) electrons. The van der Waals surface area contributed by atoms with E-state index in [4.69, 9.17) is 11.6 Å². The first kappa shape index (κ1) is 26.2. The molecule has 0 spiro atoms. The van der Waals surface area contributed by atoms with Gasteiger partial charge in [0.15, 0.2) is 0 Å². The average Bonchev–Trinajstić information content (AvgIpc) is 2.86. The molecule has 0 aliphatic carbocycles. The third kappa shape index (κ3) is 6.17. The van der Waals surface area contributed by atoms with Crippen molar-refractivity contribution in [3.63, 3.8) is 0 Å². The molecular weight excluding hydrogens is 493 g/mol. The van der Waals surface area contributed by atoms with Crippen LogP contribution in [0.25, 0.3) is 0 Å². The Hall–Kier alpha value is -3.43. The van der Waals surface area contributed by atoms with Gasteiger partial charge in [0.05, 0.1) is 10.6 Å². The van der Waals surface area contributed by atoms with E-state index >= 15 is 0 Å². The molecule has 0 heterocycles. The minimum atomic E-state index is -4.16. The topological polar surface area (TPSA) is 86.8 Å². The summed E-state index contributed by atoms with van der Waals surface area (Å²) in [5.74, 6) is -1.70. The normalized spacial score (nSPS) is 12.0. The molecule has 1 N–H and O–H groups in total. The monoisotopic (exact) mass is 517 g/mol. The van der Waals surface area contributed by atoms with Gasteiger partial charge >= 0.3 is 0 Å². The van der Waals surface area contributed by atoms with Gasteiger partial charge in [0.2, 0.25) is 11.8 Å². The van der Waals surface area contributed by atoms with Crippen LogP contribution in [0.4, 0.5) is 10.1 Å². The van der Waals surface area contributed by atoms with E-state index in [1.807, 2.05) is 0 Å². The fourth-order valence-electron chi connectivity index (χ4n) is 3.46. The van der Waals surface area contributed by atoms with Gasteiger partial charge in [0.1, 0.15) is 18.4 Å². The number of halogens is 2. The van der Waals surface area contributed by atoms with E-state index in [1.54, 1.807) is 24.3 Å². The predicted molar refractivity (Wildman–Crippen MR) is 133 cm³/mol. The highest BCUT2D eigenvalue weighted by atomic mass is 35.5. The van der Waals surface area contributed by atoms with Gasteiger partial charge < -0.3 is 10.2 Å². The van der Waals surface area contributed by atoms with Crippen LogP contribution >= 0.6 is 11.6 Å². The van der Waals surface area contributed by atoms with E-state index in [9.17, 15) is 22.4 Å². The van der Waals surface area contributed by atoms with E-state index in [2.05, 4.69) is 5.32 Å². The lowest BCUT2D eigenvalue weighted by Gasteiger charge is -2.31. The smallest absolute Gasteiger partial charge is 0.264 e. The van der Waals surface area contributed by atoms with E-state index in [1.165, 1.54) is 68.6 Å². The first-order valence-corrected chi connectivity index (χ1v) is 12.5. The largest absolute Gasteiger partial charge is 0.357 e.